The molecule has 0 aromatic heterocycles. The Morgan fingerprint density at radius 1 is 1.05 bits per heavy atom. The Morgan fingerprint density at radius 2 is 1.70 bits per heavy atom. The predicted octanol–water partition coefficient (Wildman–Crippen LogP) is 4.77. The first-order chi connectivity index (χ1) is 9.70. The van der Waals surface area contributed by atoms with E-state index < -0.39 is 0 Å². The molecule has 2 rings (SSSR count). The Bertz CT molecular complexity index is 379. The second kappa shape index (κ2) is 7.83. The molecule has 2 atom stereocenters. The van der Waals surface area contributed by atoms with Gasteiger partial charge in [0.25, 0.3) is 0 Å². The highest BCUT2D eigenvalue weighted by atomic mass is 14.8. The molecule has 0 bridgehead atoms. The Kier molecular flexibility index (Phi) is 6.09. The SMILES string of the molecule is CCNCC1CCCCC1Cc1ccc(C(C)C)cc1. The summed E-state index contributed by atoms with van der Waals surface area (Å²) in [5, 5.41) is 3.56. The Balaban J connectivity index is 1.95. The lowest BCUT2D eigenvalue weighted by molar-refractivity contribution is 0.229. The van der Waals surface area contributed by atoms with Crippen LogP contribution >= 0.6 is 0 Å². The van der Waals surface area contributed by atoms with Crippen LogP contribution in [0.5, 0.6) is 0 Å². The third-order valence-electron chi connectivity index (χ3n) is 4.87. The van der Waals surface area contributed by atoms with E-state index in [9.17, 15) is 0 Å². The molecule has 1 aliphatic rings. The van der Waals surface area contributed by atoms with Crippen molar-refractivity contribution < 1.29 is 0 Å². The Labute approximate surface area is 125 Å². The summed E-state index contributed by atoms with van der Waals surface area (Å²) < 4.78 is 0. The molecule has 1 nitrogen and oxygen atoms in total. The first kappa shape index (κ1) is 15.6. The lowest BCUT2D eigenvalue weighted by Gasteiger charge is -2.32. The Hall–Kier alpha value is -0.820. The van der Waals surface area contributed by atoms with Crippen molar-refractivity contribution in [2.24, 2.45) is 11.8 Å². The molecule has 1 heteroatoms. The topological polar surface area (TPSA) is 12.0 Å². The molecule has 1 aromatic rings. The van der Waals surface area contributed by atoms with Crippen molar-refractivity contribution in [3.63, 3.8) is 0 Å². The van der Waals surface area contributed by atoms with Gasteiger partial charge in [0.05, 0.1) is 0 Å². The van der Waals surface area contributed by atoms with E-state index in [1.807, 2.05) is 0 Å². The molecule has 2 unspecified atom stereocenters. The van der Waals surface area contributed by atoms with Crippen LogP contribution in [0.4, 0.5) is 0 Å². The van der Waals surface area contributed by atoms with Crippen LogP contribution < -0.4 is 5.32 Å². The zero-order chi connectivity index (χ0) is 14.4. The first-order valence-corrected chi connectivity index (χ1v) is 8.50. The zero-order valence-corrected chi connectivity index (χ0v) is 13.5. The predicted molar refractivity (Wildman–Crippen MR) is 88.2 cm³/mol. The molecule has 20 heavy (non-hydrogen) atoms. The molecule has 1 fully saturated rings. The molecule has 1 aromatic carbocycles. The van der Waals surface area contributed by atoms with Gasteiger partial charge in [0.1, 0.15) is 0 Å². The minimum atomic E-state index is 0.639. The first-order valence-electron chi connectivity index (χ1n) is 8.50. The summed E-state index contributed by atoms with van der Waals surface area (Å²) in [6, 6.07) is 9.35. The molecule has 0 amide bonds. The van der Waals surface area contributed by atoms with Crippen LogP contribution in [-0.4, -0.2) is 13.1 Å². The van der Waals surface area contributed by atoms with E-state index in [1.165, 1.54) is 49.8 Å². The van der Waals surface area contributed by atoms with Gasteiger partial charge in [0, 0.05) is 0 Å². The lowest BCUT2D eigenvalue weighted by atomic mass is 9.76. The van der Waals surface area contributed by atoms with Crippen LogP contribution in [0.1, 0.15) is 63.5 Å². The third kappa shape index (κ3) is 4.34. The van der Waals surface area contributed by atoms with Gasteiger partial charge in [-0.05, 0) is 61.2 Å². The van der Waals surface area contributed by atoms with Crippen LogP contribution in [0.15, 0.2) is 24.3 Å². The van der Waals surface area contributed by atoms with Crippen molar-refractivity contribution in [2.45, 2.75) is 58.8 Å². The number of nitrogens with one attached hydrogen (secondary N) is 1. The van der Waals surface area contributed by atoms with E-state index >= 15 is 0 Å². The molecule has 0 aliphatic heterocycles. The van der Waals surface area contributed by atoms with E-state index in [-0.39, 0.29) is 0 Å². The van der Waals surface area contributed by atoms with Gasteiger partial charge in [-0.2, -0.15) is 0 Å². The van der Waals surface area contributed by atoms with Crippen molar-refractivity contribution in [1.82, 2.24) is 5.32 Å². The number of hydrogen-bond donors (Lipinski definition) is 1. The zero-order valence-electron chi connectivity index (χ0n) is 13.5. The minimum Gasteiger partial charge on any atom is -0.317 e. The molecule has 0 spiro atoms. The quantitative estimate of drug-likeness (QED) is 0.787. The highest BCUT2D eigenvalue weighted by Gasteiger charge is 2.24. The molecule has 112 valence electrons. The van der Waals surface area contributed by atoms with E-state index in [1.54, 1.807) is 0 Å². The van der Waals surface area contributed by atoms with Crippen molar-refractivity contribution >= 4 is 0 Å². The summed E-state index contributed by atoms with van der Waals surface area (Å²) in [4.78, 5) is 0. The number of hydrogen-bond acceptors (Lipinski definition) is 1. The average Bonchev–Trinajstić information content (AvgIpc) is 2.47. The van der Waals surface area contributed by atoms with E-state index in [4.69, 9.17) is 0 Å². The van der Waals surface area contributed by atoms with Crippen molar-refractivity contribution in [1.29, 1.82) is 0 Å². The molecule has 1 saturated carbocycles. The average molecular weight is 273 g/mol. The summed E-state index contributed by atoms with van der Waals surface area (Å²) >= 11 is 0. The molecule has 0 heterocycles. The lowest BCUT2D eigenvalue weighted by Crippen LogP contribution is -2.31. The summed E-state index contributed by atoms with van der Waals surface area (Å²) in [7, 11) is 0. The van der Waals surface area contributed by atoms with Gasteiger partial charge in [0.15, 0.2) is 0 Å². The molecule has 0 radical (unpaired) electrons. The fourth-order valence-electron chi connectivity index (χ4n) is 3.49. The molecule has 1 N–H and O–H groups in total. The second-order valence-electron chi connectivity index (χ2n) is 6.71. The monoisotopic (exact) mass is 273 g/mol. The maximum Gasteiger partial charge on any atom is -0.00179 e. The summed E-state index contributed by atoms with van der Waals surface area (Å²) in [6.07, 6.45) is 6.97. The highest BCUT2D eigenvalue weighted by Crippen LogP contribution is 2.32. The second-order valence-corrected chi connectivity index (χ2v) is 6.71. The van der Waals surface area contributed by atoms with Crippen LogP contribution in [0.2, 0.25) is 0 Å². The standard InChI is InChI=1S/C19H31N/c1-4-20-14-19-8-6-5-7-18(19)13-16-9-11-17(12-10-16)15(2)3/h9-12,15,18-20H,4-8,13-14H2,1-3H3. The number of rotatable bonds is 6. The van der Waals surface area contributed by atoms with Gasteiger partial charge in [-0.25, -0.2) is 0 Å². The smallest absolute Gasteiger partial charge is 0.00179 e. The summed E-state index contributed by atoms with van der Waals surface area (Å²) in [5.74, 6) is 2.40. The minimum absolute atomic E-state index is 0.639. The van der Waals surface area contributed by atoms with Crippen molar-refractivity contribution in [2.75, 3.05) is 13.1 Å². The van der Waals surface area contributed by atoms with Gasteiger partial charge in [-0.3, -0.25) is 0 Å². The van der Waals surface area contributed by atoms with Gasteiger partial charge in [0.2, 0.25) is 0 Å². The van der Waals surface area contributed by atoms with E-state index in [0.717, 1.165) is 18.4 Å². The van der Waals surface area contributed by atoms with Gasteiger partial charge < -0.3 is 5.32 Å². The van der Waals surface area contributed by atoms with Crippen LogP contribution in [-0.2, 0) is 6.42 Å². The van der Waals surface area contributed by atoms with Crippen LogP contribution in [0.25, 0.3) is 0 Å². The largest absolute Gasteiger partial charge is 0.317 e. The van der Waals surface area contributed by atoms with Crippen LogP contribution in [0.3, 0.4) is 0 Å². The van der Waals surface area contributed by atoms with Gasteiger partial charge in [-0.15, -0.1) is 0 Å². The summed E-state index contributed by atoms with van der Waals surface area (Å²) in [5.41, 5.74) is 2.99. The molecular weight excluding hydrogens is 242 g/mol. The number of benzene rings is 1. The van der Waals surface area contributed by atoms with Gasteiger partial charge >= 0.3 is 0 Å². The highest BCUT2D eigenvalue weighted by molar-refractivity contribution is 5.25. The van der Waals surface area contributed by atoms with E-state index in [2.05, 4.69) is 50.4 Å². The maximum absolute atomic E-state index is 3.56. The van der Waals surface area contributed by atoms with Crippen molar-refractivity contribution in [3.05, 3.63) is 35.4 Å². The summed E-state index contributed by atoms with van der Waals surface area (Å²) in [6.45, 7) is 9.06. The third-order valence-corrected chi connectivity index (χ3v) is 4.87. The van der Waals surface area contributed by atoms with Crippen molar-refractivity contribution in [3.8, 4) is 0 Å². The molecule has 1 aliphatic carbocycles. The van der Waals surface area contributed by atoms with Gasteiger partial charge in [-0.1, -0.05) is 57.9 Å². The normalized spacial score (nSPS) is 23.2. The van der Waals surface area contributed by atoms with Crippen LogP contribution in [0, 0.1) is 11.8 Å². The maximum atomic E-state index is 3.56. The fourth-order valence-corrected chi connectivity index (χ4v) is 3.49. The Morgan fingerprint density at radius 3 is 2.30 bits per heavy atom. The molecule has 0 saturated heterocycles. The fraction of sp³-hybridized carbons (Fsp3) is 0.684. The van der Waals surface area contributed by atoms with E-state index in [0.29, 0.717) is 5.92 Å². The molecular formula is C19H31N.